The van der Waals surface area contributed by atoms with Gasteiger partial charge in [-0.2, -0.15) is 0 Å². The Bertz CT molecular complexity index is 539. The molecule has 0 radical (unpaired) electrons. The molecule has 130 valence electrons. The van der Waals surface area contributed by atoms with Gasteiger partial charge >= 0.3 is 6.09 Å². The van der Waals surface area contributed by atoms with Crippen LogP contribution in [-0.2, 0) is 17.7 Å². The van der Waals surface area contributed by atoms with E-state index in [9.17, 15) is 4.79 Å². The first-order valence-electron chi connectivity index (χ1n) is 8.23. The van der Waals surface area contributed by atoms with Gasteiger partial charge in [0.2, 0.25) is 0 Å². The fourth-order valence-electron chi connectivity index (χ4n) is 2.70. The third-order valence-corrected chi connectivity index (χ3v) is 4.72. The van der Waals surface area contributed by atoms with E-state index in [0.717, 1.165) is 36.5 Å². The molecule has 1 heterocycles. The van der Waals surface area contributed by atoms with Gasteiger partial charge in [-0.3, -0.25) is 0 Å². The van der Waals surface area contributed by atoms with Crippen LogP contribution in [-0.4, -0.2) is 29.3 Å². The third-order valence-electron chi connectivity index (χ3n) is 3.60. The van der Waals surface area contributed by atoms with E-state index >= 15 is 0 Å². The van der Waals surface area contributed by atoms with E-state index in [2.05, 4.69) is 22.5 Å². The highest BCUT2D eigenvalue weighted by Gasteiger charge is 2.32. The van der Waals surface area contributed by atoms with E-state index in [1.165, 1.54) is 4.88 Å². The molecule has 23 heavy (non-hydrogen) atoms. The molecular weight excluding hydrogens is 312 g/mol. The number of amides is 1. The predicted octanol–water partition coefficient (Wildman–Crippen LogP) is 2.48. The van der Waals surface area contributed by atoms with Crippen molar-refractivity contribution in [3.8, 4) is 0 Å². The molecule has 4 N–H and O–H groups in total. The summed E-state index contributed by atoms with van der Waals surface area (Å²) in [6, 6.07) is 0.216. The minimum absolute atomic E-state index is 0.125. The van der Waals surface area contributed by atoms with Crippen LogP contribution in [0.15, 0.2) is 0 Å². The zero-order chi connectivity index (χ0) is 17.0. The lowest BCUT2D eigenvalue weighted by Crippen LogP contribution is -2.42. The summed E-state index contributed by atoms with van der Waals surface area (Å²) in [5.74, 6) is 0. The summed E-state index contributed by atoms with van der Waals surface area (Å²) in [5, 5.41) is 7.44. The number of carbonyl (C=O) groups excluding carboxylic acids is 1. The number of nitrogens with zero attached hydrogens (tertiary/aromatic N) is 1. The van der Waals surface area contributed by atoms with Gasteiger partial charge in [0.1, 0.15) is 10.6 Å². The van der Waals surface area contributed by atoms with Gasteiger partial charge < -0.3 is 21.1 Å². The Hall–Kier alpha value is -1.18. The number of aromatic nitrogens is 1. The number of alkyl carbamates (subject to hydrolysis) is 1. The molecule has 0 aliphatic heterocycles. The number of nitrogens with two attached hydrogens (primary N) is 1. The number of hydrogen-bond donors (Lipinski definition) is 3. The Kier molecular flexibility index (Phi) is 6.00. The summed E-state index contributed by atoms with van der Waals surface area (Å²) < 4.78 is 5.39. The largest absolute Gasteiger partial charge is 0.444 e. The van der Waals surface area contributed by atoms with Crippen LogP contribution in [0.5, 0.6) is 0 Å². The molecule has 0 spiro atoms. The van der Waals surface area contributed by atoms with Crippen molar-refractivity contribution in [1.82, 2.24) is 15.6 Å². The molecule has 6 nitrogen and oxygen atoms in total. The van der Waals surface area contributed by atoms with Gasteiger partial charge in [-0.1, -0.05) is 6.92 Å². The normalized spacial score (nSPS) is 20.9. The lowest BCUT2D eigenvalue weighted by Gasteiger charge is -2.30. The van der Waals surface area contributed by atoms with Crippen LogP contribution in [0.3, 0.4) is 0 Å². The van der Waals surface area contributed by atoms with Crippen molar-refractivity contribution < 1.29 is 9.53 Å². The van der Waals surface area contributed by atoms with Crippen LogP contribution in [0, 0.1) is 0 Å². The summed E-state index contributed by atoms with van der Waals surface area (Å²) in [4.78, 5) is 18.0. The molecule has 0 aromatic carbocycles. The van der Waals surface area contributed by atoms with E-state index in [1.54, 1.807) is 11.3 Å². The Balaban J connectivity index is 2.12. The predicted molar refractivity (Wildman–Crippen MR) is 92.5 cm³/mol. The van der Waals surface area contributed by atoms with Crippen molar-refractivity contribution in [2.75, 3.05) is 6.54 Å². The Morgan fingerprint density at radius 3 is 2.83 bits per heavy atom. The van der Waals surface area contributed by atoms with Crippen molar-refractivity contribution in [3.63, 3.8) is 0 Å². The monoisotopic (exact) mass is 340 g/mol. The standard InChI is InChI=1S/C16H28N4O2S/c1-5-6-18-10-7-11(19-15(21)22-16(2,3)4)14-12(8-10)23-13(9-17)20-14/h10-11,18H,5-9,17H2,1-4H3,(H,19,21). The second-order valence-corrected chi connectivity index (χ2v) is 8.08. The SMILES string of the molecule is CCCNC1Cc2sc(CN)nc2C(NC(=O)OC(C)(C)C)C1. The number of fused-ring (bicyclic) bond motifs is 1. The Morgan fingerprint density at radius 1 is 1.48 bits per heavy atom. The molecule has 1 aromatic heterocycles. The van der Waals surface area contributed by atoms with Gasteiger partial charge in [0.15, 0.2) is 0 Å². The van der Waals surface area contributed by atoms with Crippen LogP contribution in [0.2, 0.25) is 0 Å². The van der Waals surface area contributed by atoms with Crippen molar-refractivity contribution in [1.29, 1.82) is 0 Å². The van der Waals surface area contributed by atoms with Gasteiger partial charge in [0.05, 0.1) is 11.7 Å². The second-order valence-electron chi connectivity index (χ2n) is 6.91. The van der Waals surface area contributed by atoms with Gasteiger partial charge in [-0.15, -0.1) is 11.3 Å². The van der Waals surface area contributed by atoms with Crippen molar-refractivity contribution >= 4 is 17.4 Å². The maximum absolute atomic E-state index is 12.1. The fraction of sp³-hybridized carbons (Fsp3) is 0.750. The summed E-state index contributed by atoms with van der Waals surface area (Å²) >= 11 is 1.65. The van der Waals surface area contributed by atoms with Crippen LogP contribution < -0.4 is 16.4 Å². The Morgan fingerprint density at radius 2 is 2.22 bits per heavy atom. The second kappa shape index (κ2) is 7.59. The van der Waals surface area contributed by atoms with Crippen LogP contribution in [0.1, 0.15) is 62.2 Å². The molecule has 0 saturated heterocycles. The number of rotatable bonds is 5. The third kappa shape index (κ3) is 5.16. The molecule has 2 rings (SSSR count). The topological polar surface area (TPSA) is 89.3 Å². The summed E-state index contributed by atoms with van der Waals surface area (Å²) in [7, 11) is 0. The molecule has 0 bridgehead atoms. The van der Waals surface area contributed by atoms with Gasteiger partial charge in [-0.25, -0.2) is 9.78 Å². The smallest absolute Gasteiger partial charge is 0.408 e. The molecule has 0 fully saturated rings. The number of thiazole rings is 1. The molecule has 2 atom stereocenters. The van der Waals surface area contributed by atoms with Crippen molar-refractivity contribution in [3.05, 3.63) is 15.6 Å². The maximum atomic E-state index is 12.1. The minimum Gasteiger partial charge on any atom is -0.444 e. The molecule has 1 aromatic rings. The van der Waals surface area contributed by atoms with Gasteiger partial charge in [0, 0.05) is 17.5 Å². The maximum Gasteiger partial charge on any atom is 0.408 e. The first-order chi connectivity index (χ1) is 10.8. The molecule has 1 aliphatic carbocycles. The molecule has 1 amide bonds. The fourth-order valence-corrected chi connectivity index (χ4v) is 3.79. The summed E-state index contributed by atoms with van der Waals surface area (Å²) in [5.41, 5.74) is 6.17. The van der Waals surface area contributed by atoms with Crippen molar-refractivity contribution in [2.24, 2.45) is 5.73 Å². The lowest BCUT2D eigenvalue weighted by molar-refractivity contribution is 0.0494. The highest BCUT2D eigenvalue weighted by Crippen LogP contribution is 2.33. The Labute approximate surface area is 142 Å². The lowest BCUT2D eigenvalue weighted by atomic mass is 9.93. The van der Waals surface area contributed by atoms with E-state index in [-0.39, 0.29) is 6.04 Å². The zero-order valence-electron chi connectivity index (χ0n) is 14.4. The molecule has 2 unspecified atom stereocenters. The first kappa shape index (κ1) is 18.2. The molecule has 7 heteroatoms. The van der Waals surface area contributed by atoms with Crippen molar-refractivity contribution in [2.45, 2.75) is 71.2 Å². The highest BCUT2D eigenvalue weighted by atomic mass is 32.1. The number of ether oxygens (including phenoxy) is 1. The highest BCUT2D eigenvalue weighted by molar-refractivity contribution is 7.11. The number of nitrogens with one attached hydrogen (secondary N) is 2. The van der Waals surface area contributed by atoms with E-state index in [0.29, 0.717) is 12.6 Å². The van der Waals surface area contributed by atoms with E-state index in [4.69, 9.17) is 10.5 Å². The average molecular weight is 340 g/mol. The quantitative estimate of drug-likeness (QED) is 0.766. The molecular formula is C16H28N4O2S. The average Bonchev–Trinajstić information content (AvgIpc) is 2.86. The minimum atomic E-state index is -0.508. The molecule has 0 saturated carbocycles. The summed E-state index contributed by atoms with van der Waals surface area (Å²) in [6.07, 6.45) is 2.45. The van der Waals surface area contributed by atoms with Crippen LogP contribution in [0.4, 0.5) is 4.79 Å². The summed E-state index contributed by atoms with van der Waals surface area (Å²) in [6.45, 7) is 9.14. The van der Waals surface area contributed by atoms with E-state index < -0.39 is 11.7 Å². The number of carbonyl (C=O) groups is 1. The number of hydrogen-bond acceptors (Lipinski definition) is 6. The zero-order valence-corrected chi connectivity index (χ0v) is 15.3. The van der Waals surface area contributed by atoms with Crippen LogP contribution >= 0.6 is 11.3 Å². The van der Waals surface area contributed by atoms with Crippen LogP contribution in [0.25, 0.3) is 0 Å². The van der Waals surface area contributed by atoms with Gasteiger partial charge in [-0.05, 0) is 46.6 Å². The van der Waals surface area contributed by atoms with E-state index in [1.807, 2.05) is 20.8 Å². The van der Waals surface area contributed by atoms with Gasteiger partial charge in [0.25, 0.3) is 0 Å². The first-order valence-corrected chi connectivity index (χ1v) is 9.05. The molecule has 1 aliphatic rings.